The van der Waals surface area contributed by atoms with Gasteiger partial charge in [0.05, 0.1) is 11.0 Å². The second-order valence-corrected chi connectivity index (χ2v) is 6.97. The molecule has 0 bridgehead atoms. The predicted molar refractivity (Wildman–Crippen MR) is 105 cm³/mol. The highest BCUT2D eigenvalue weighted by molar-refractivity contribution is 6.07. The number of imide groups is 1. The Hall–Kier alpha value is -3.95. The normalized spacial score (nSPS) is 18.1. The summed E-state index contributed by atoms with van der Waals surface area (Å²) in [6.45, 7) is 1.07. The van der Waals surface area contributed by atoms with Crippen LogP contribution in [0.4, 0.5) is 10.5 Å². The van der Waals surface area contributed by atoms with Gasteiger partial charge in [0.2, 0.25) is 0 Å². The monoisotopic (exact) mass is 412 g/mol. The average molecular weight is 412 g/mol. The van der Waals surface area contributed by atoms with Crippen molar-refractivity contribution in [2.24, 2.45) is 0 Å². The van der Waals surface area contributed by atoms with Crippen LogP contribution in [0.5, 0.6) is 5.75 Å². The van der Waals surface area contributed by atoms with Crippen molar-refractivity contribution in [2.75, 3.05) is 6.61 Å². The van der Waals surface area contributed by atoms with E-state index in [1.54, 1.807) is 6.92 Å². The summed E-state index contributed by atoms with van der Waals surface area (Å²) in [6, 6.07) is 14.1. The van der Waals surface area contributed by atoms with Crippen LogP contribution in [0.3, 0.4) is 0 Å². The number of rotatable bonds is 8. The molecule has 1 heterocycles. The Bertz CT molecular complexity index is 980. The van der Waals surface area contributed by atoms with Crippen LogP contribution in [-0.4, -0.2) is 39.9 Å². The van der Waals surface area contributed by atoms with Gasteiger partial charge in [-0.2, -0.15) is 5.01 Å². The Balaban J connectivity index is 1.56. The Morgan fingerprint density at radius 3 is 2.63 bits per heavy atom. The van der Waals surface area contributed by atoms with Crippen molar-refractivity contribution in [3.63, 3.8) is 0 Å². The van der Waals surface area contributed by atoms with Gasteiger partial charge in [-0.3, -0.25) is 25.1 Å². The van der Waals surface area contributed by atoms with Gasteiger partial charge in [-0.1, -0.05) is 36.4 Å². The van der Waals surface area contributed by atoms with Gasteiger partial charge in [0.25, 0.3) is 17.5 Å². The molecule has 30 heavy (non-hydrogen) atoms. The molecular weight excluding hydrogens is 392 g/mol. The van der Waals surface area contributed by atoms with E-state index < -0.39 is 34.9 Å². The fraction of sp³-hybridized carbons (Fsp3) is 0.250. The van der Waals surface area contributed by atoms with Crippen LogP contribution >= 0.6 is 0 Å². The molecule has 0 spiro atoms. The molecule has 156 valence electrons. The lowest BCUT2D eigenvalue weighted by Crippen LogP contribution is -2.50. The smallest absolute Gasteiger partial charge is 0.344 e. The number of nitro groups is 1. The number of hydrogen-bond donors (Lipinski definition) is 2. The average Bonchev–Trinajstić information content (AvgIpc) is 2.95. The first-order valence-electron chi connectivity index (χ1n) is 9.16. The summed E-state index contributed by atoms with van der Waals surface area (Å²) in [5.74, 6) is -1.21. The van der Waals surface area contributed by atoms with Crippen molar-refractivity contribution in [3.8, 4) is 5.75 Å². The Morgan fingerprint density at radius 1 is 1.20 bits per heavy atom. The molecule has 4 amide bonds. The van der Waals surface area contributed by atoms with Crippen LogP contribution in [0.25, 0.3) is 0 Å². The maximum Gasteiger partial charge on any atom is 0.344 e. The molecule has 0 radical (unpaired) electrons. The van der Waals surface area contributed by atoms with Gasteiger partial charge in [0, 0.05) is 6.07 Å². The minimum Gasteiger partial charge on any atom is -0.483 e. The Morgan fingerprint density at radius 2 is 1.93 bits per heavy atom. The van der Waals surface area contributed by atoms with E-state index >= 15 is 0 Å². The topological polar surface area (TPSA) is 131 Å². The van der Waals surface area contributed by atoms with Gasteiger partial charge >= 0.3 is 6.03 Å². The van der Waals surface area contributed by atoms with E-state index in [1.807, 2.05) is 30.3 Å². The Kier molecular flexibility index (Phi) is 5.95. The molecule has 2 aromatic rings. The number of hydrogen-bond acceptors (Lipinski definition) is 6. The first-order chi connectivity index (χ1) is 14.3. The third-order valence-electron chi connectivity index (χ3n) is 4.65. The fourth-order valence-electron chi connectivity index (χ4n) is 2.99. The molecule has 2 N–H and O–H groups in total. The number of aryl methyl sites for hydroxylation is 1. The molecule has 10 nitrogen and oxygen atoms in total. The number of ether oxygens (including phenoxy) is 1. The number of benzene rings is 2. The molecule has 0 aliphatic carbocycles. The van der Waals surface area contributed by atoms with E-state index in [2.05, 4.69) is 10.7 Å². The summed E-state index contributed by atoms with van der Waals surface area (Å²) in [6.07, 6.45) is 0.930. The summed E-state index contributed by atoms with van der Waals surface area (Å²) < 4.78 is 5.21. The number of non-ortho nitro benzene ring substituents is 1. The zero-order valence-corrected chi connectivity index (χ0v) is 16.2. The molecule has 0 aromatic heterocycles. The number of carbonyl (C=O) groups is 3. The van der Waals surface area contributed by atoms with E-state index in [1.165, 1.54) is 24.3 Å². The number of nitrogens with zero attached hydrogens (tertiary/aromatic N) is 2. The van der Waals surface area contributed by atoms with Crippen LogP contribution in [0, 0.1) is 10.1 Å². The van der Waals surface area contributed by atoms with Crippen LogP contribution in [0.1, 0.15) is 18.9 Å². The zero-order chi connectivity index (χ0) is 21.7. The van der Waals surface area contributed by atoms with E-state index in [0.717, 1.165) is 5.56 Å². The summed E-state index contributed by atoms with van der Waals surface area (Å²) in [5.41, 5.74) is 1.90. The third kappa shape index (κ3) is 4.72. The van der Waals surface area contributed by atoms with Crippen molar-refractivity contribution >= 4 is 23.5 Å². The lowest BCUT2D eigenvalue weighted by Gasteiger charge is -2.21. The molecule has 0 unspecified atom stereocenters. The SMILES string of the molecule is C[C@]1(CCc2ccccc2)NC(=O)N(NC(=O)COc2cccc([N+](=O)[O-])c2)C1=O. The minimum atomic E-state index is -1.15. The molecule has 1 aliphatic heterocycles. The Labute approximate surface area is 171 Å². The van der Waals surface area contributed by atoms with E-state index in [9.17, 15) is 24.5 Å². The fourth-order valence-corrected chi connectivity index (χ4v) is 2.99. The summed E-state index contributed by atoms with van der Waals surface area (Å²) in [5, 5.41) is 14.0. The molecule has 1 aliphatic rings. The number of hydrazine groups is 1. The van der Waals surface area contributed by atoms with Crippen LogP contribution in [-0.2, 0) is 16.0 Å². The quantitative estimate of drug-likeness (QED) is 0.387. The second-order valence-electron chi connectivity index (χ2n) is 6.97. The molecule has 1 saturated heterocycles. The van der Waals surface area contributed by atoms with Crippen molar-refractivity contribution in [2.45, 2.75) is 25.3 Å². The van der Waals surface area contributed by atoms with Gasteiger partial charge < -0.3 is 10.1 Å². The highest BCUT2D eigenvalue weighted by atomic mass is 16.6. The summed E-state index contributed by atoms with van der Waals surface area (Å²) in [4.78, 5) is 47.2. The van der Waals surface area contributed by atoms with E-state index in [0.29, 0.717) is 17.9 Å². The standard InChI is InChI=1S/C20H20N4O6/c1-20(11-10-14-6-3-2-4-7-14)18(26)23(19(27)21-20)22-17(25)13-30-16-9-5-8-15(12-16)24(28)29/h2-9,12H,10-11,13H2,1H3,(H,21,27)(H,22,25)/t20-/m1/s1. The number of nitro benzene ring substituents is 1. The maximum atomic E-state index is 12.7. The van der Waals surface area contributed by atoms with Gasteiger partial charge in [-0.15, -0.1) is 0 Å². The molecule has 3 rings (SSSR count). The van der Waals surface area contributed by atoms with Gasteiger partial charge in [0.1, 0.15) is 11.3 Å². The largest absolute Gasteiger partial charge is 0.483 e. The van der Waals surface area contributed by atoms with Crippen LogP contribution in [0.15, 0.2) is 54.6 Å². The van der Waals surface area contributed by atoms with E-state index in [-0.39, 0.29) is 11.4 Å². The first-order valence-corrected chi connectivity index (χ1v) is 9.16. The number of nitrogens with one attached hydrogen (secondary N) is 2. The maximum absolute atomic E-state index is 12.7. The minimum absolute atomic E-state index is 0.115. The van der Waals surface area contributed by atoms with Crippen molar-refractivity contribution in [1.29, 1.82) is 0 Å². The third-order valence-corrected chi connectivity index (χ3v) is 4.65. The highest BCUT2D eigenvalue weighted by Gasteiger charge is 2.48. The van der Waals surface area contributed by atoms with Crippen molar-refractivity contribution in [3.05, 3.63) is 70.3 Å². The van der Waals surface area contributed by atoms with Crippen LogP contribution in [0.2, 0.25) is 0 Å². The predicted octanol–water partition coefficient (Wildman–Crippen LogP) is 1.95. The molecule has 0 saturated carbocycles. The van der Waals surface area contributed by atoms with Crippen molar-refractivity contribution < 1.29 is 24.0 Å². The molecular formula is C20H20N4O6. The number of urea groups is 1. The number of carbonyl (C=O) groups excluding carboxylic acids is 3. The molecule has 2 aromatic carbocycles. The number of amides is 4. The van der Waals surface area contributed by atoms with Gasteiger partial charge in [-0.25, -0.2) is 4.79 Å². The van der Waals surface area contributed by atoms with Gasteiger partial charge in [0.15, 0.2) is 6.61 Å². The molecule has 1 fully saturated rings. The highest BCUT2D eigenvalue weighted by Crippen LogP contribution is 2.22. The summed E-state index contributed by atoms with van der Waals surface area (Å²) in [7, 11) is 0. The van der Waals surface area contributed by atoms with Crippen molar-refractivity contribution in [1.82, 2.24) is 15.8 Å². The summed E-state index contributed by atoms with van der Waals surface area (Å²) >= 11 is 0. The zero-order valence-electron chi connectivity index (χ0n) is 16.2. The van der Waals surface area contributed by atoms with Crippen LogP contribution < -0.4 is 15.5 Å². The lowest BCUT2D eigenvalue weighted by atomic mass is 9.93. The molecule has 1 atom stereocenters. The van der Waals surface area contributed by atoms with E-state index in [4.69, 9.17) is 4.74 Å². The van der Waals surface area contributed by atoms with Gasteiger partial charge in [-0.05, 0) is 31.4 Å². The molecule has 10 heteroatoms. The second kappa shape index (κ2) is 8.60. The first kappa shape index (κ1) is 20.8. The lowest BCUT2D eigenvalue weighted by molar-refractivity contribution is -0.384.